The molecule has 19 heteroatoms. The molecule has 3 aliphatic rings. The molecule has 2 fully saturated rings. The molecule has 0 radical (unpaired) electrons. The molecule has 7 heterocycles. The summed E-state index contributed by atoms with van der Waals surface area (Å²) in [5.74, 6) is 1.71. The monoisotopic (exact) mass is 958 g/mol. The van der Waals surface area contributed by atoms with Crippen LogP contribution in [0.3, 0.4) is 0 Å². The second kappa shape index (κ2) is 20.2. The number of nitrogens with one attached hydrogen (secondary N) is 1. The quantitative estimate of drug-likeness (QED) is 0.0951. The van der Waals surface area contributed by atoms with E-state index in [9.17, 15) is 14.9 Å². The third-order valence-electron chi connectivity index (χ3n) is 13.6. The first-order valence-corrected chi connectivity index (χ1v) is 25.3. The molecule has 17 nitrogen and oxygen atoms in total. The van der Waals surface area contributed by atoms with E-state index in [1.54, 1.807) is 28.5 Å². The highest BCUT2D eigenvalue weighted by Crippen LogP contribution is 2.48. The van der Waals surface area contributed by atoms with E-state index in [0.29, 0.717) is 65.9 Å². The summed E-state index contributed by atoms with van der Waals surface area (Å²) in [6.45, 7) is 14.9. The Morgan fingerprint density at radius 3 is 2.68 bits per heavy atom. The van der Waals surface area contributed by atoms with Crippen molar-refractivity contribution in [1.82, 2.24) is 45.4 Å². The molecule has 6 aromatic rings. The molecule has 356 valence electrons. The van der Waals surface area contributed by atoms with Gasteiger partial charge in [0.15, 0.2) is 5.76 Å². The van der Waals surface area contributed by atoms with Crippen molar-refractivity contribution in [1.29, 1.82) is 5.26 Å². The number of carbonyl (C=O) groups is 2. The van der Waals surface area contributed by atoms with Gasteiger partial charge in [0.2, 0.25) is 29.4 Å². The van der Waals surface area contributed by atoms with Crippen LogP contribution in [0, 0.1) is 24.2 Å². The summed E-state index contributed by atoms with van der Waals surface area (Å²) >= 11 is 3.08. The Balaban J connectivity index is 0.756. The molecular weight excluding hydrogens is 901 g/mol. The molecule has 4 atom stereocenters. The summed E-state index contributed by atoms with van der Waals surface area (Å²) in [6, 6.07) is 13.7. The molecule has 1 aliphatic carbocycles. The molecule has 0 bridgehead atoms. The lowest BCUT2D eigenvalue weighted by molar-refractivity contribution is -0.140. The minimum absolute atomic E-state index is 0.0934. The Labute approximate surface area is 404 Å². The number of aromatic nitrogens is 6. The largest absolute Gasteiger partial charge is 0.475 e. The topological polar surface area (TPSA) is 219 Å². The summed E-state index contributed by atoms with van der Waals surface area (Å²) < 4.78 is 17.7. The molecule has 1 aromatic carbocycles. The summed E-state index contributed by atoms with van der Waals surface area (Å²) in [4.78, 5) is 54.9. The maximum atomic E-state index is 14.1. The summed E-state index contributed by atoms with van der Waals surface area (Å²) in [6.07, 6.45) is 7.38. The van der Waals surface area contributed by atoms with Crippen molar-refractivity contribution in [2.45, 2.75) is 110 Å². The van der Waals surface area contributed by atoms with Crippen LogP contribution in [-0.2, 0) is 28.0 Å². The Kier molecular flexibility index (Phi) is 13.9. The van der Waals surface area contributed by atoms with Crippen molar-refractivity contribution in [3.63, 3.8) is 0 Å². The Morgan fingerprint density at radius 2 is 1.90 bits per heavy atom. The van der Waals surface area contributed by atoms with Gasteiger partial charge in [-0.25, -0.2) is 15.0 Å². The fourth-order valence-electron chi connectivity index (χ4n) is 10.1. The number of fused-ring (bicyclic) bond motifs is 1. The Hall–Kier alpha value is -6.23. The Morgan fingerprint density at radius 1 is 1.06 bits per heavy atom. The van der Waals surface area contributed by atoms with Crippen molar-refractivity contribution < 1.29 is 23.4 Å². The maximum Gasteiger partial charge on any atom is 0.254 e. The number of aryl methyl sites for hydroxylation is 2. The summed E-state index contributed by atoms with van der Waals surface area (Å²) in [7, 11) is 0. The molecular formula is C49H58N12O5S2. The number of thiophene rings is 1. The minimum Gasteiger partial charge on any atom is -0.475 e. The third kappa shape index (κ3) is 9.58. The first kappa shape index (κ1) is 46.9. The lowest BCUT2D eigenvalue weighted by Crippen LogP contribution is -2.47. The first-order valence-electron chi connectivity index (χ1n) is 23.6. The van der Waals surface area contributed by atoms with Crippen molar-refractivity contribution in [2.24, 2.45) is 5.92 Å². The number of ether oxygens (including phenoxy) is 1. The Bertz CT molecular complexity index is 2780. The van der Waals surface area contributed by atoms with Crippen LogP contribution in [0.4, 0.5) is 10.8 Å². The zero-order chi connectivity index (χ0) is 47.5. The van der Waals surface area contributed by atoms with Crippen LogP contribution in [0.1, 0.15) is 111 Å². The molecule has 3 N–H and O–H groups in total. The highest BCUT2D eigenvalue weighted by atomic mass is 32.1. The minimum atomic E-state index is -0.628. The number of likely N-dealkylation sites (tertiary alicyclic amines) is 1. The lowest BCUT2D eigenvalue weighted by Gasteiger charge is -2.30. The molecule has 9 rings (SSSR count). The van der Waals surface area contributed by atoms with Gasteiger partial charge in [-0.15, -0.1) is 22.7 Å². The standard InChI is InChI=1S/C49H58N12O5S2/c1-29(2)40(47(63)61-21-7-10-35(61)46(62)53-26-32-12-14-33(15-13-32)42-31(4)54-28-67-42)36-24-39(57-65-36)64-23-9-20-59-19-8-22-60(30(3)27-59)38-16-18-52-44(55-38)45-56-48(66-58-45)49(5)17-6-11-37-41(49)34(25-50)43(51)68-37/h12-16,18,24,28-30,35,40H,6-11,17,19-23,26-27,51H2,1-5H3,(H,53,62)/t30-,35-,40?,49-/m0/s1. The molecule has 2 saturated heterocycles. The highest BCUT2D eigenvalue weighted by molar-refractivity contribution is 7.16. The number of nitrogens with zero attached hydrogens (tertiary/aromatic N) is 10. The number of nitrogens with two attached hydrogens (primary N) is 1. The maximum absolute atomic E-state index is 14.1. The number of anilines is 2. The molecule has 2 aliphatic heterocycles. The second-order valence-electron chi connectivity index (χ2n) is 18.7. The van der Waals surface area contributed by atoms with Gasteiger partial charge in [0.05, 0.1) is 33.7 Å². The van der Waals surface area contributed by atoms with Gasteiger partial charge in [-0.3, -0.25) is 9.59 Å². The number of benzene rings is 1. The predicted molar refractivity (Wildman–Crippen MR) is 259 cm³/mol. The molecule has 5 aromatic heterocycles. The summed E-state index contributed by atoms with van der Waals surface area (Å²) in [5, 5.41) is 22.0. The number of rotatable bonds is 15. The number of nitriles is 1. The van der Waals surface area contributed by atoms with E-state index < -0.39 is 17.4 Å². The van der Waals surface area contributed by atoms with Gasteiger partial charge in [-0.1, -0.05) is 43.3 Å². The number of amides is 2. The average Bonchev–Trinajstić information content (AvgIpc) is 4.19. The lowest BCUT2D eigenvalue weighted by atomic mass is 9.72. The van der Waals surface area contributed by atoms with E-state index in [4.69, 9.17) is 29.5 Å². The molecule has 2 amide bonds. The number of hydrogen-bond acceptors (Lipinski definition) is 17. The van der Waals surface area contributed by atoms with Crippen LogP contribution >= 0.6 is 22.7 Å². The van der Waals surface area contributed by atoms with E-state index in [1.807, 2.05) is 51.4 Å². The van der Waals surface area contributed by atoms with Gasteiger partial charge < -0.3 is 39.5 Å². The third-order valence-corrected chi connectivity index (χ3v) is 15.7. The fourth-order valence-corrected chi connectivity index (χ4v) is 12.1. The normalized spacial score (nSPS) is 20.2. The van der Waals surface area contributed by atoms with Crippen molar-refractivity contribution in [2.75, 3.05) is 50.0 Å². The molecule has 1 unspecified atom stereocenters. The summed E-state index contributed by atoms with van der Waals surface area (Å²) in [5.41, 5.74) is 12.0. The van der Waals surface area contributed by atoms with E-state index >= 15 is 0 Å². The zero-order valence-corrected chi connectivity index (χ0v) is 40.9. The van der Waals surface area contributed by atoms with Crippen LogP contribution in [0.2, 0.25) is 0 Å². The highest BCUT2D eigenvalue weighted by Gasteiger charge is 2.44. The number of thiazole rings is 1. The van der Waals surface area contributed by atoms with Gasteiger partial charge in [0, 0.05) is 61.5 Å². The van der Waals surface area contributed by atoms with Gasteiger partial charge in [0.1, 0.15) is 28.8 Å². The van der Waals surface area contributed by atoms with Gasteiger partial charge in [-0.2, -0.15) is 10.2 Å². The van der Waals surface area contributed by atoms with Crippen LogP contribution in [-0.4, -0.2) is 103 Å². The number of nitrogen functional groups attached to an aromatic ring is 1. The van der Waals surface area contributed by atoms with Gasteiger partial charge in [-0.05, 0) is 101 Å². The van der Waals surface area contributed by atoms with Crippen molar-refractivity contribution in [3.05, 3.63) is 87.0 Å². The molecule has 68 heavy (non-hydrogen) atoms. The predicted octanol–water partition coefficient (Wildman–Crippen LogP) is 7.52. The van der Waals surface area contributed by atoms with Crippen LogP contribution in [0.15, 0.2) is 57.2 Å². The van der Waals surface area contributed by atoms with E-state index in [2.05, 4.69) is 60.5 Å². The molecule has 0 saturated carbocycles. The molecule has 0 spiro atoms. The SMILES string of the molecule is Cc1ncsc1-c1ccc(CNC(=O)[C@@H]2CCCN2C(=O)C(c2cc(OCCCN3CCCN(c4ccnc(-c5noc([C@@]6(C)CCCc7sc(N)c(C#N)c76)n5)n4)[C@@H](C)C3)no2)C(C)C)cc1. The van der Waals surface area contributed by atoms with E-state index in [-0.39, 0.29) is 23.8 Å². The van der Waals surface area contributed by atoms with E-state index in [1.165, 1.54) is 11.3 Å². The van der Waals surface area contributed by atoms with Crippen LogP contribution < -0.4 is 20.7 Å². The first-order chi connectivity index (χ1) is 32.9. The zero-order valence-electron chi connectivity index (χ0n) is 39.2. The van der Waals surface area contributed by atoms with Gasteiger partial charge in [0.25, 0.3) is 5.88 Å². The van der Waals surface area contributed by atoms with Crippen LogP contribution in [0.5, 0.6) is 5.88 Å². The van der Waals surface area contributed by atoms with Crippen molar-refractivity contribution >= 4 is 45.3 Å². The fraction of sp³-hybridized carbons (Fsp3) is 0.490. The average molecular weight is 959 g/mol. The smallest absolute Gasteiger partial charge is 0.254 e. The van der Waals surface area contributed by atoms with Gasteiger partial charge >= 0.3 is 0 Å². The van der Waals surface area contributed by atoms with E-state index in [0.717, 1.165) is 103 Å². The van der Waals surface area contributed by atoms with Crippen molar-refractivity contribution in [3.8, 4) is 34.0 Å². The number of carbonyl (C=O) groups excluding carboxylic acids is 2. The van der Waals surface area contributed by atoms with Crippen LogP contribution in [0.25, 0.3) is 22.1 Å². The second-order valence-corrected chi connectivity index (χ2v) is 20.6. The number of hydrogen-bond donors (Lipinski definition) is 2.